The summed E-state index contributed by atoms with van der Waals surface area (Å²) in [5.41, 5.74) is 0.435. The zero-order valence-electron chi connectivity index (χ0n) is 21.8. The average molecular weight is 585 g/mol. The summed E-state index contributed by atoms with van der Waals surface area (Å²) in [4.78, 5) is 53.9. The number of nitrogens with zero attached hydrogens (tertiary/aromatic N) is 6. The Hall–Kier alpha value is -4.69. The van der Waals surface area contributed by atoms with Crippen molar-refractivity contribution in [1.29, 1.82) is 0 Å². The normalized spacial score (nSPS) is 14.6. The van der Waals surface area contributed by atoms with E-state index in [1.165, 1.54) is 47.4 Å². The van der Waals surface area contributed by atoms with Crippen molar-refractivity contribution in [2.45, 2.75) is 12.5 Å². The van der Waals surface area contributed by atoms with Gasteiger partial charge in [-0.3, -0.25) is 14.4 Å². The molecule has 15 heteroatoms. The van der Waals surface area contributed by atoms with Gasteiger partial charge in [-0.25, -0.2) is 9.18 Å². The number of hydrogen-bond donors (Lipinski definition) is 3. The molecule has 0 spiro atoms. The Morgan fingerprint density at radius 3 is 2.44 bits per heavy atom. The van der Waals surface area contributed by atoms with E-state index in [0.29, 0.717) is 26.2 Å². The van der Waals surface area contributed by atoms with Gasteiger partial charge >= 0.3 is 5.97 Å². The molecule has 3 N–H and O–H groups in total. The molecule has 1 fully saturated rings. The molecule has 2 heterocycles. The molecule has 3 amide bonds. The minimum atomic E-state index is -1.29. The molecule has 4 rings (SSSR count). The van der Waals surface area contributed by atoms with E-state index in [2.05, 4.69) is 31.1 Å². The lowest BCUT2D eigenvalue weighted by atomic mass is 10.1. The lowest BCUT2D eigenvalue weighted by molar-refractivity contribution is -0.135. The number of rotatable bonds is 9. The van der Waals surface area contributed by atoms with Crippen LogP contribution in [0.4, 0.5) is 10.1 Å². The Morgan fingerprint density at radius 2 is 1.80 bits per heavy atom. The van der Waals surface area contributed by atoms with Gasteiger partial charge in [0.05, 0.1) is 22.7 Å². The predicted octanol–water partition coefficient (Wildman–Crippen LogP) is 1.45. The third-order valence-corrected chi connectivity index (χ3v) is 6.67. The fourth-order valence-electron chi connectivity index (χ4n) is 4.06. The molecule has 1 aliphatic heterocycles. The van der Waals surface area contributed by atoms with Gasteiger partial charge in [-0.2, -0.15) is 4.68 Å². The number of likely N-dealkylation sites (N-methyl/N-ethyl adjacent to an activating group) is 1. The molecule has 2 aromatic carbocycles. The van der Waals surface area contributed by atoms with E-state index in [9.17, 15) is 23.6 Å². The van der Waals surface area contributed by atoms with E-state index >= 15 is 0 Å². The molecular formula is C26H26ClFN8O5. The van der Waals surface area contributed by atoms with Crippen molar-refractivity contribution in [3.8, 4) is 5.69 Å². The number of halogens is 2. The van der Waals surface area contributed by atoms with Gasteiger partial charge in [0.1, 0.15) is 12.4 Å². The zero-order chi connectivity index (χ0) is 29.5. The van der Waals surface area contributed by atoms with E-state index in [1.807, 2.05) is 7.05 Å². The summed E-state index contributed by atoms with van der Waals surface area (Å²) in [5, 5.41) is 24.8. The van der Waals surface area contributed by atoms with Crippen LogP contribution in [-0.2, 0) is 14.4 Å². The molecule has 41 heavy (non-hydrogen) atoms. The number of hydrogen-bond acceptors (Lipinski definition) is 8. The van der Waals surface area contributed by atoms with Gasteiger partial charge in [0.2, 0.25) is 17.7 Å². The van der Waals surface area contributed by atoms with Gasteiger partial charge in [0.25, 0.3) is 0 Å². The highest BCUT2D eigenvalue weighted by molar-refractivity contribution is 6.31. The summed E-state index contributed by atoms with van der Waals surface area (Å²) in [5.74, 6) is -3.74. The Balaban J connectivity index is 1.53. The number of aromatic nitrogens is 4. The summed E-state index contributed by atoms with van der Waals surface area (Å²) in [6.07, 6.45) is 3.08. The first kappa shape index (κ1) is 29.3. The average Bonchev–Trinajstić information content (AvgIpc) is 3.49. The molecule has 1 aliphatic rings. The van der Waals surface area contributed by atoms with E-state index in [1.54, 1.807) is 4.90 Å². The van der Waals surface area contributed by atoms with Crippen LogP contribution in [-0.4, -0.2) is 98.1 Å². The van der Waals surface area contributed by atoms with Crippen LogP contribution in [0, 0.1) is 5.82 Å². The van der Waals surface area contributed by atoms with Gasteiger partial charge in [-0.15, -0.1) is 5.10 Å². The number of carbonyl (C=O) groups is 4. The molecule has 0 aliphatic carbocycles. The number of carboxylic acids is 1. The topological polar surface area (TPSA) is 163 Å². The molecule has 0 radical (unpaired) electrons. The van der Waals surface area contributed by atoms with Gasteiger partial charge in [0, 0.05) is 43.5 Å². The van der Waals surface area contributed by atoms with E-state index in [0.717, 1.165) is 12.2 Å². The Bertz CT molecular complexity index is 1460. The lowest BCUT2D eigenvalue weighted by Crippen LogP contribution is -2.51. The second kappa shape index (κ2) is 13.1. The van der Waals surface area contributed by atoms with Crippen LogP contribution in [0.3, 0.4) is 0 Å². The number of carbonyl (C=O) groups excluding carboxylic acids is 3. The van der Waals surface area contributed by atoms with E-state index in [4.69, 9.17) is 16.7 Å². The number of benzene rings is 2. The standard InChI is InChI=1S/C26H26ClFN8O5/c1-34-10-12-35(13-11-34)23(38)14-20(25(39)30-17-4-2-16(3-5-17)26(40)41)31-22(37)9-6-18-21(36-15-29-32-33-36)8-7-19(27)24(18)28/h2-9,15,20H,10-14H2,1H3,(H,30,39)(H,31,37)(H,40,41). The second-order valence-corrected chi connectivity index (χ2v) is 9.61. The highest BCUT2D eigenvalue weighted by Crippen LogP contribution is 2.25. The highest BCUT2D eigenvalue weighted by Gasteiger charge is 2.28. The number of carboxylic acid groups (broad SMARTS) is 1. The number of aromatic carboxylic acids is 1. The van der Waals surface area contributed by atoms with Crippen LogP contribution in [0.1, 0.15) is 22.3 Å². The largest absolute Gasteiger partial charge is 0.478 e. The maximum absolute atomic E-state index is 14.9. The SMILES string of the molecule is CN1CCN(C(=O)CC(NC(=O)C=Cc2c(-n3cnnn3)ccc(Cl)c2F)C(=O)Nc2ccc(C(=O)O)cc2)CC1. The minimum Gasteiger partial charge on any atom is -0.478 e. The number of piperazine rings is 1. The van der Waals surface area contributed by atoms with Crippen molar-refractivity contribution >= 4 is 47.1 Å². The van der Waals surface area contributed by atoms with Crippen molar-refractivity contribution in [2.75, 3.05) is 38.5 Å². The monoisotopic (exact) mass is 584 g/mol. The Morgan fingerprint density at radius 1 is 1.10 bits per heavy atom. The van der Waals surface area contributed by atoms with Crippen molar-refractivity contribution < 1.29 is 28.7 Å². The molecule has 1 atom stereocenters. The number of tetrazole rings is 1. The van der Waals surface area contributed by atoms with Crippen LogP contribution >= 0.6 is 11.6 Å². The van der Waals surface area contributed by atoms with Gasteiger partial charge < -0.3 is 25.5 Å². The van der Waals surface area contributed by atoms with Crippen LogP contribution < -0.4 is 10.6 Å². The zero-order valence-corrected chi connectivity index (χ0v) is 22.6. The van der Waals surface area contributed by atoms with E-state index < -0.39 is 29.6 Å². The first-order valence-electron chi connectivity index (χ1n) is 12.4. The fourth-order valence-corrected chi connectivity index (χ4v) is 4.22. The fraction of sp³-hybridized carbons (Fsp3) is 0.269. The highest BCUT2D eigenvalue weighted by atomic mass is 35.5. The van der Waals surface area contributed by atoms with Crippen LogP contribution in [0.15, 0.2) is 48.8 Å². The molecule has 0 bridgehead atoms. The summed E-state index contributed by atoms with van der Waals surface area (Å²) < 4.78 is 16.1. The number of anilines is 1. The molecule has 214 valence electrons. The molecular weight excluding hydrogens is 559 g/mol. The Labute approximate surface area is 238 Å². The molecule has 1 aromatic heterocycles. The quantitative estimate of drug-likeness (QED) is 0.316. The third-order valence-electron chi connectivity index (χ3n) is 6.37. The van der Waals surface area contributed by atoms with Gasteiger partial charge in [-0.05, 0) is 59.9 Å². The Kier molecular flexibility index (Phi) is 9.37. The first-order chi connectivity index (χ1) is 19.6. The predicted molar refractivity (Wildman–Crippen MR) is 146 cm³/mol. The summed E-state index contributed by atoms with van der Waals surface area (Å²) in [7, 11) is 1.94. The van der Waals surface area contributed by atoms with Crippen molar-refractivity contribution in [2.24, 2.45) is 0 Å². The number of amides is 3. The molecule has 3 aromatic rings. The summed E-state index contributed by atoms with van der Waals surface area (Å²) >= 11 is 5.93. The minimum absolute atomic E-state index is 0.0255. The molecule has 13 nitrogen and oxygen atoms in total. The second-order valence-electron chi connectivity index (χ2n) is 9.20. The summed E-state index contributed by atoms with van der Waals surface area (Å²) in [6.45, 7) is 2.29. The maximum atomic E-state index is 14.9. The molecule has 1 unspecified atom stereocenters. The summed E-state index contributed by atoms with van der Waals surface area (Å²) in [6, 6.07) is 6.91. The van der Waals surface area contributed by atoms with Crippen molar-refractivity contribution in [3.05, 3.63) is 70.8 Å². The van der Waals surface area contributed by atoms with Crippen LogP contribution in [0.5, 0.6) is 0 Å². The van der Waals surface area contributed by atoms with Crippen molar-refractivity contribution in [3.63, 3.8) is 0 Å². The molecule has 0 saturated carbocycles. The maximum Gasteiger partial charge on any atom is 0.335 e. The van der Waals surface area contributed by atoms with Crippen LogP contribution in [0.2, 0.25) is 5.02 Å². The molecule has 1 saturated heterocycles. The van der Waals surface area contributed by atoms with Gasteiger partial charge in [-0.1, -0.05) is 11.6 Å². The first-order valence-corrected chi connectivity index (χ1v) is 12.8. The third kappa shape index (κ3) is 7.49. The van der Waals surface area contributed by atoms with Crippen LogP contribution in [0.25, 0.3) is 11.8 Å². The van der Waals surface area contributed by atoms with Crippen molar-refractivity contribution in [1.82, 2.24) is 35.3 Å². The number of nitrogens with one attached hydrogen (secondary N) is 2. The smallest absolute Gasteiger partial charge is 0.335 e. The van der Waals surface area contributed by atoms with E-state index in [-0.39, 0.29) is 39.9 Å². The van der Waals surface area contributed by atoms with Gasteiger partial charge in [0.15, 0.2) is 5.82 Å². The lowest BCUT2D eigenvalue weighted by Gasteiger charge is -2.33.